The van der Waals surface area contributed by atoms with Gasteiger partial charge in [0.2, 0.25) is 5.91 Å². The molecule has 1 amide bonds. The molecule has 0 aliphatic carbocycles. The van der Waals surface area contributed by atoms with Crippen LogP contribution in [-0.2, 0) is 11.2 Å². The summed E-state index contributed by atoms with van der Waals surface area (Å²) in [5.41, 5.74) is 1.02. The second-order valence-electron chi connectivity index (χ2n) is 7.09. The van der Waals surface area contributed by atoms with Crippen molar-refractivity contribution in [2.45, 2.75) is 63.6 Å². The highest BCUT2D eigenvalue weighted by molar-refractivity contribution is 6.35. The van der Waals surface area contributed by atoms with Gasteiger partial charge in [0.05, 0.1) is 0 Å². The predicted octanol–water partition coefficient (Wildman–Crippen LogP) is 4.38. The van der Waals surface area contributed by atoms with Gasteiger partial charge >= 0.3 is 0 Å². The SMILES string of the molecule is CC(Cc1ccc(Cl)cc1Cl)NC(=O)CC1CC2CCC(C1)N2.Cl. The zero-order chi connectivity index (χ0) is 16.4. The number of piperidine rings is 1. The Hall–Kier alpha value is -0.480. The molecule has 2 bridgehead atoms. The summed E-state index contributed by atoms with van der Waals surface area (Å²) in [6, 6.07) is 6.85. The Balaban J connectivity index is 0.00000208. The maximum absolute atomic E-state index is 12.3. The fourth-order valence-electron chi connectivity index (χ4n) is 4.01. The molecule has 6 heteroatoms. The number of carbonyl (C=O) groups excluding carboxylic acids is 1. The van der Waals surface area contributed by atoms with E-state index in [4.69, 9.17) is 23.2 Å². The maximum Gasteiger partial charge on any atom is 0.220 e. The van der Waals surface area contributed by atoms with Crippen LogP contribution < -0.4 is 10.6 Å². The third-order valence-electron chi connectivity index (χ3n) is 4.99. The molecule has 3 rings (SSSR count). The Kier molecular flexibility index (Phi) is 7.23. The van der Waals surface area contributed by atoms with Gasteiger partial charge in [-0.3, -0.25) is 4.79 Å². The Morgan fingerprint density at radius 1 is 1.29 bits per heavy atom. The lowest BCUT2D eigenvalue weighted by atomic mass is 9.89. The molecule has 2 heterocycles. The molecule has 3 atom stereocenters. The smallest absolute Gasteiger partial charge is 0.220 e. The van der Waals surface area contributed by atoms with E-state index in [0.717, 1.165) is 24.8 Å². The summed E-state index contributed by atoms with van der Waals surface area (Å²) in [7, 11) is 0. The van der Waals surface area contributed by atoms with Crippen molar-refractivity contribution in [1.29, 1.82) is 0 Å². The van der Waals surface area contributed by atoms with Crippen LogP contribution in [0.15, 0.2) is 18.2 Å². The van der Waals surface area contributed by atoms with Crippen LogP contribution in [0.4, 0.5) is 0 Å². The Labute approximate surface area is 160 Å². The first-order valence-electron chi connectivity index (χ1n) is 8.49. The van der Waals surface area contributed by atoms with E-state index < -0.39 is 0 Å². The molecule has 2 aliphatic heterocycles. The quantitative estimate of drug-likeness (QED) is 0.782. The summed E-state index contributed by atoms with van der Waals surface area (Å²) in [4.78, 5) is 12.3. The molecule has 0 radical (unpaired) electrons. The molecule has 1 aromatic carbocycles. The van der Waals surface area contributed by atoms with Crippen molar-refractivity contribution in [1.82, 2.24) is 10.6 Å². The van der Waals surface area contributed by atoms with Gasteiger partial charge in [0, 0.05) is 34.6 Å². The first-order valence-corrected chi connectivity index (χ1v) is 9.24. The van der Waals surface area contributed by atoms with E-state index in [1.54, 1.807) is 6.07 Å². The molecule has 3 unspecified atom stereocenters. The van der Waals surface area contributed by atoms with E-state index in [-0.39, 0.29) is 24.4 Å². The van der Waals surface area contributed by atoms with E-state index in [0.29, 0.717) is 34.5 Å². The van der Waals surface area contributed by atoms with Crippen LogP contribution in [0.5, 0.6) is 0 Å². The van der Waals surface area contributed by atoms with Crippen molar-refractivity contribution < 1.29 is 4.79 Å². The molecule has 0 saturated carbocycles. The standard InChI is InChI=1S/C18H24Cl2N2O.ClH/c1-11(6-13-2-3-14(19)10-17(13)20)21-18(23)9-12-7-15-4-5-16(8-12)22-15;/h2-3,10-12,15-16,22H,4-9H2,1H3,(H,21,23);1H. The van der Waals surface area contributed by atoms with Crippen LogP contribution >= 0.6 is 35.6 Å². The van der Waals surface area contributed by atoms with Crippen LogP contribution in [0.25, 0.3) is 0 Å². The fourth-order valence-corrected chi connectivity index (χ4v) is 4.49. The summed E-state index contributed by atoms with van der Waals surface area (Å²) in [5.74, 6) is 0.689. The number of amides is 1. The van der Waals surface area contributed by atoms with E-state index >= 15 is 0 Å². The lowest BCUT2D eigenvalue weighted by Gasteiger charge is -2.29. The molecule has 1 aromatic rings. The second kappa shape index (κ2) is 8.75. The zero-order valence-corrected chi connectivity index (χ0v) is 16.2. The Bertz CT molecular complexity index is 569. The average Bonchev–Trinajstić information content (AvgIpc) is 2.81. The normalized spacial score (nSPS) is 26.5. The molecule has 2 saturated heterocycles. The van der Waals surface area contributed by atoms with Crippen molar-refractivity contribution in [3.05, 3.63) is 33.8 Å². The van der Waals surface area contributed by atoms with Gasteiger partial charge in [-0.2, -0.15) is 0 Å². The summed E-state index contributed by atoms with van der Waals surface area (Å²) in [6.45, 7) is 2.02. The highest BCUT2D eigenvalue weighted by Gasteiger charge is 2.34. The van der Waals surface area contributed by atoms with Crippen molar-refractivity contribution in [3.8, 4) is 0 Å². The summed E-state index contributed by atoms with van der Waals surface area (Å²) < 4.78 is 0. The molecular weight excluding hydrogens is 367 g/mol. The minimum Gasteiger partial charge on any atom is -0.353 e. The molecule has 0 aromatic heterocycles. The van der Waals surface area contributed by atoms with Crippen LogP contribution in [0.2, 0.25) is 10.0 Å². The molecule has 0 spiro atoms. The van der Waals surface area contributed by atoms with E-state index in [1.165, 1.54) is 12.8 Å². The predicted molar refractivity (Wildman–Crippen MR) is 102 cm³/mol. The minimum atomic E-state index is 0. The largest absolute Gasteiger partial charge is 0.353 e. The first-order chi connectivity index (χ1) is 11.0. The van der Waals surface area contributed by atoms with Gasteiger partial charge in [-0.15, -0.1) is 12.4 Å². The van der Waals surface area contributed by atoms with Crippen LogP contribution in [0.1, 0.15) is 44.6 Å². The van der Waals surface area contributed by atoms with Crippen molar-refractivity contribution in [2.75, 3.05) is 0 Å². The molecular formula is C18H25Cl3N2O. The molecule has 24 heavy (non-hydrogen) atoms. The molecule has 2 N–H and O–H groups in total. The van der Waals surface area contributed by atoms with Gasteiger partial charge in [-0.1, -0.05) is 29.3 Å². The molecule has 2 fully saturated rings. The van der Waals surface area contributed by atoms with E-state index in [1.807, 2.05) is 19.1 Å². The Morgan fingerprint density at radius 3 is 2.58 bits per heavy atom. The third-order valence-corrected chi connectivity index (χ3v) is 5.58. The number of benzene rings is 1. The number of nitrogens with one attached hydrogen (secondary N) is 2. The molecule has 3 nitrogen and oxygen atoms in total. The van der Waals surface area contributed by atoms with Crippen LogP contribution in [-0.4, -0.2) is 24.0 Å². The van der Waals surface area contributed by atoms with Crippen molar-refractivity contribution in [3.63, 3.8) is 0 Å². The van der Waals surface area contributed by atoms with Gasteiger partial charge in [0.25, 0.3) is 0 Å². The zero-order valence-electron chi connectivity index (χ0n) is 13.9. The topological polar surface area (TPSA) is 41.1 Å². The van der Waals surface area contributed by atoms with Gasteiger partial charge in [0.1, 0.15) is 0 Å². The van der Waals surface area contributed by atoms with Gasteiger partial charge < -0.3 is 10.6 Å². The van der Waals surface area contributed by atoms with Gasteiger partial charge in [0.15, 0.2) is 0 Å². The first kappa shape index (κ1) is 19.8. The van der Waals surface area contributed by atoms with Crippen molar-refractivity contribution >= 4 is 41.5 Å². The van der Waals surface area contributed by atoms with Crippen LogP contribution in [0.3, 0.4) is 0 Å². The molecule has 2 aliphatic rings. The summed E-state index contributed by atoms with van der Waals surface area (Å²) in [5, 5.41) is 8.03. The van der Waals surface area contributed by atoms with Crippen molar-refractivity contribution in [2.24, 2.45) is 5.92 Å². The number of fused-ring (bicyclic) bond motifs is 2. The number of halogens is 3. The fraction of sp³-hybridized carbons (Fsp3) is 0.611. The highest BCUT2D eigenvalue weighted by Crippen LogP contribution is 2.32. The lowest BCUT2D eigenvalue weighted by molar-refractivity contribution is -0.122. The maximum atomic E-state index is 12.3. The number of hydrogen-bond acceptors (Lipinski definition) is 2. The number of hydrogen-bond donors (Lipinski definition) is 2. The third kappa shape index (κ3) is 5.26. The highest BCUT2D eigenvalue weighted by atomic mass is 35.5. The summed E-state index contributed by atoms with van der Waals surface area (Å²) >= 11 is 12.1. The number of carbonyl (C=O) groups is 1. The minimum absolute atomic E-state index is 0. The monoisotopic (exact) mass is 390 g/mol. The lowest BCUT2D eigenvalue weighted by Crippen LogP contribution is -2.41. The number of rotatable bonds is 5. The van der Waals surface area contributed by atoms with Gasteiger partial charge in [-0.25, -0.2) is 0 Å². The average molecular weight is 392 g/mol. The van der Waals surface area contributed by atoms with E-state index in [2.05, 4.69) is 10.6 Å². The second-order valence-corrected chi connectivity index (χ2v) is 7.93. The van der Waals surface area contributed by atoms with Crippen LogP contribution in [0, 0.1) is 5.92 Å². The Morgan fingerprint density at radius 2 is 1.96 bits per heavy atom. The summed E-state index contributed by atoms with van der Waals surface area (Å²) in [6.07, 6.45) is 6.19. The van der Waals surface area contributed by atoms with Gasteiger partial charge in [-0.05, 0) is 62.6 Å². The molecule has 134 valence electrons. The van der Waals surface area contributed by atoms with E-state index in [9.17, 15) is 4.79 Å².